The SMILES string of the molecule is CC(C)OC(=O)CN1C(=O)S/C(=C\c2ccc(Sc3ccc(Cl)cc3)c([N+](=O)[O-])c2)C1=O. The van der Waals surface area contributed by atoms with Crippen molar-refractivity contribution >= 4 is 64.0 Å². The van der Waals surface area contributed by atoms with Gasteiger partial charge in [0.25, 0.3) is 16.8 Å². The van der Waals surface area contributed by atoms with Gasteiger partial charge in [-0.05, 0) is 67.6 Å². The van der Waals surface area contributed by atoms with Crippen LogP contribution in [-0.2, 0) is 14.3 Å². The Hall–Kier alpha value is -2.82. The third-order valence-corrected chi connectivity index (χ3v) is 6.28. The lowest BCUT2D eigenvalue weighted by Gasteiger charge is -2.13. The van der Waals surface area contributed by atoms with Gasteiger partial charge < -0.3 is 4.74 Å². The van der Waals surface area contributed by atoms with Crippen LogP contribution < -0.4 is 0 Å². The first-order valence-electron chi connectivity index (χ1n) is 9.30. The van der Waals surface area contributed by atoms with Crippen molar-refractivity contribution in [3.8, 4) is 0 Å². The van der Waals surface area contributed by atoms with Gasteiger partial charge in [-0.15, -0.1) is 0 Å². The van der Waals surface area contributed by atoms with Gasteiger partial charge in [-0.2, -0.15) is 0 Å². The average Bonchev–Trinajstić information content (AvgIpc) is 2.97. The van der Waals surface area contributed by atoms with Gasteiger partial charge in [0, 0.05) is 16.0 Å². The number of imide groups is 1. The molecule has 1 aliphatic heterocycles. The number of hydrogen-bond donors (Lipinski definition) is 0. The van der Waals surface area contributed by atoms with Crippen molar-refractivity contribution in [3.05, 3.63) is 68.1 Å². The first-order valence-corrected chi connectivity index (χ1v) is 11.3. The number of benzene rings is 2. The molecule has 8 nitrogen and oxygen atoms in total. The van der Waals surface area contributed by atoms with Crippen LogP contribution >= 0.6 is 35.1 Å². The second kappa shape index (κ2) is 10.2. The minimum atomic E-state index is -0.692. The molecule has 166 valence electrons. The van der Waals surface area contributed by atoms with E-state index in [0.29, 0.717) is 27.2 Å². The molecule has 1 saturated heterocycles. The van der Waals surface area contributed by atoms with Crippen molar-refractivity contribution in [2.75, 3.05) is 6.54 Å². The zero-order valence-electron chi connectivity index (χ0n) is 16.9. The molecule has 1 heterocycles. The van der Waals surface area contributed by atoms with E-state index < -0.39 is 28.6 Å². The highest BCUT2D eigenvalue weighted by atomic mass is 35.5. The molecular weight excluding hydrogens is 476 g/mol. The van der Waals surface area contributed by atoms with Gasteiger partial charge in [0.15, 0.2) is 0 Å². The molecule has 2 aromatic carbocycles. The topological polar surface area (TPSA) is 107 Å². The Morgan fingerprint density at radius 1 is 1.25 bits per heavy atom. The zero-order chi connectivity index (χ0) is 23.4. The highest BCUT2D eigenvalue weighted by Crippen LogP contribution is 2.37. The van der Waals surface area contributed by atoms with E-state index in [9.17, 15) is 24.5 Å². The quantitative estimate of drug-likeness (QED) is 0.219. The Balaban J connectivity index is 1.82. The number of carbonyl (C=O) groups excluding carboxylic acids is 3. The lowest BCUT2D eigenvalue weighted by atomic mass is 10.2. The summed E-state index contributed by atoms with van der Waals surface area (Å²) in [6.45, 7) is 2.83. The minimum Gasteiger partial charge on any atom is -0.462 e. The van der Waals surface area contributed by atoms with Crippen LogP contribution in [0.25, 0.3) is 6.08 Å². The highest BCUT2D eigenvalue weighted by molar-refractivity contribution is 8.18. The molecule has 0 atom stereocenters. The van der Waals surface area contributed by atoms with Crippen molar-refractivity contribution in [2.24, 2.45) is 0 Å². The predicted octanol–water partition coefficient (Wildman–Crippen LogP) is 5.39. The Morgan fingerprint density at radius 2 is 1.94 bits per heavy atom. The number of thioether (sulfide) groups is 1. The maximum atomic E-state index is 12.6. The summed E-state index contributed by atoms with van der Waals surface area (Å²) >= 11 is 7.75. The number of amides is 2. The molecular formula is C21H17ClN2O6S2. The fraction of sp³-hybridized carbons (Fsp3) is 0.190. The number of hydrogen-bond acceptors (Lipinski definition) is 8. The number of esters is 1. The standard InChI is InChI=1S/C21H17ClN2O6S2/c1-12(2)30-19(25)11-23-20(26)18(32-21(23)27)10-13-3-8-17(16(9-13)24(28)29)31-15-6-4-14(22)5-7-15/h3-10,12H,11H2,1-2H3/b18-10-. The molecule has 1 fully saturated rings. The molecule has 0 radical (unpaired) electrons. The first-order chi connectivity index (χ1) is 15.1. The van der Waals surface area contributed by atoms with Gasteiger partial charge in [0.05, 0.1) is 20.8 Å². The number of rotatable bonds is 7. The van der Waals surface area contributed by atoms with Crippen LogP contribution in [0.2, 0.25) is 5.02 Å². The number of nitro benzene ring substituents is 1. The van der Waals surface area contributed by atoms with E-state index >= 15 is 0 Å². The van der Waals surface area contributed by atoms with Crippen LogP contribution in [0.4, 0.5) is 10.5 Å². The lowest BCUT2D eigenvalue weighted by Crippen LogP contribution is -2.35. The van der Waals surface area contributed by atoms with E-state index in [2.05, 4.69) is 0 Å². The zero-order valence-corrected chi connectivity index (χ0v) is 19.3. The highest BCUT2D eigenvalue weighted by Gasteiger charge is 2.37. The van der Waals surface area contributed by atoms with Gasteiger partial charge in [0.2, 0.25) is 0 Å². The summed E-state index contributed by atoms with van der Waals surface area (Å²) in [6, 6.07) is 11.4. The van der Waals surface area contributed by atoms with Gasteiger partial charge in [-0.25, -0.2) is 0 Å². The predicted molar refractivity (Wildman–Crippen MR) is 123 cm³/mol. The summed E-state index contributed by atoms with van der Waals surface area (Å²) in [5.41, 5.74) is 0.242. The van der Waals surface area contributed by atoms with Crippen molar-refractivity contribution in [3.63, 3.8) is 0 Å². The van der Waals surface area contributed by atoms with E-state index in [0.717, 1.165) is 9.80 Å². The maximum Gasteiger partial charge on any atom is 0.326 e. The van der Waals surface area contributed by atoms with Crippen LogP contribution in [0.3, 0.4) is 0 Å². The van der Waals surface area contributed by atoms with Crippen LogP contribution in [0.1, 0.15) is 19.4 Å². The van der Waals surface area contributed by atoms with Gasteiger partial charge in [-0.3, -0.25) is 29.4 Å². The van der Waals surface area contributed by atoms with E-state index in [1.54, 1.807) is 50.2 Å². The van der Waals surface area contributed by atoms with Crippen LogP contribution in [0.15, 0.2) is 57.2 Å². The van der Waals surface area contributed by atoms with Gasteiger partial charge in [0.1, 0.15) is 6.54 Å². The van der Waals surface area contributed by atoms with Crippen molar-refractivity contribution < 1.29 is 24.0 Å². The van der Waals surface area contributed by atoms with Crippen molar-refractivity contribution in [1.29, 1.82) is 0 Å². The Kier molecular flexibility index (Phi) is 7.60. The number of ether oxygens (including phenoxy) is 1. The van der Waals surface area contributed by atoms with Gasteiger partial charge in [-0.1, -0.05) is 29.4 Å². The van der Waals surface area contributed by atoms with Crippen LogP contribution in [0, 0.1) is 10.1 Å². The molecule has 0 unspecified atom stereocenters. The third kappa shape index (κ3) is 5.90. The fourth-order valence-corrected chi connectivity index (χ4v) is 4.56. The summed E-state index contributed by atoms with van der Waals surface area (Å²) in [4.78, 5) is 49.7. The first kappa shape index (κ1) is 23.8. The molecule has 2 amide bonds. The maximum absolute atomic E-state index is 12.6. The molecule has 2 aromatic rings. The summed E-state index contributed by atoms with van der Waals surface area (Å²) < 4.78 is 4.97. The van der Waals surface area contributed by atoms with Gasteiger partial charge >= 0.3 is 5.97 Å². The summed E-state index contributed by atoms with van der Waals surface area (Å²) in [5.74, 6) is -1.34. The monoisotopic (exact) mass is 492 g/mol. The molecule has 1 aliphatic rings. The molecule has 0 N–H and O–H groups in total. The average molecular weight is 493 g/mol. The molecule has 0 aliphatic carbocycles. The Labute approximate surface area is 197 Å². The van der Waals surface area contributed by atoms with E-state index in [-0.39, 0.29) is 16.7 Å². The normalized spacial score (nSPS) is 15.0. The molecule has 0 spiro atoms. The number of carbonyl (C=O) groups is 3. The van der Waals surface area contributed by atoms with Crippen LogP contribution in [-0.4, -0.2) is 39.6 Å². The fourth-order valence-electron chi connectivity index (χ4n) is 2.70. The molecule has 0 bridgehead atoms. The molecule has 0 saturated carbocycles. The number of halogens is 1. The second-order valence-corrected chi connectivity index (χ2v) is 9.39. The van der Waals surface area contributed by atoms with Crippen molar-refractivity contribution in [1.82, 2.24) is 4.90 Å². The third-order valence-electron chi connectivity index (χ3n) is 4.05. The number of nitro groups is 1. The molecule has 32 heavy (non-hydrogen) atoms. The lowest BCUT2D eigenvalue weighted by molar-refractivity contribution is -0.387. The summed E-state index contributed by atoms with van der Waals surface area (Å²) in [5, 5.41) is 11.6. The Morgan fingerprint density at radius 3 is 2.56 bits per heavy atom. The Bertz CT molecular complexity index is 1120. The van der Waals surface area contributed by atoms with Crippen molar-refractivity contribution in [2.45, 2.75) is 29.7 Å². The van der Waals surface area contributed by atoms with E-state index in [4.69, 9.17) is 16.3 Å². The van der Waals surface area contributed by atoms with E-state index in [1.165, 1.54) is 23.9 Å². The summed E-state index contributed by atoms with van der Waals surface area (Å²) in [6.07, 6.45) is 1.02. The van der Waals surface area contributed by atoms with E-state index in [1.807, 2.05) is 0 Å². The van der Waals surface area contributed by atoms with Crippen LogP contribution in [0.5, 0.6) is 0 Å². The second-order valence-electron chi connectivity index (χ2n) is 6.85. The minimum absolute atomic E-state index is 0.0692. The molecule has 3 rings (SSSR count). The molecule has 0 aromatic heterocycles. The number of nitrogens with zero attached hydrogens (tertiary/aromatic N) is 2. The smallest absolute Gasteiger partial charge is 0.326 e. The largest absolute Gasteiger partial charge is 0.462 e. The molecule has 11 heteroatoms. The summed E-state index contributed by atoms with van der Waals surface area (Å²) in [7, 11) is 0.